The van der Waals surface area contributed by atoms with E-state index in [1.54, 1.807) is 19.3 Å². The fourth-order valence-corrected chi connectivity index (χ4v) is 0.234. The summed E-state index contributed by atoms with van der Waals surface area (Å²) in [5.74, 6) is 0.884. The van der Waals surface area contributed by atoms with E-state index in [0.29, 0.717) is 0 Å². The van der Waals surface area contributed by atoms with Crippen LogP contribution < -0.4 is 0 Å². The molecule has 0 spiro atoms. The molecular formula is C11H24ClN. The van der Waals surface area contributed by atoms with Crippen molar-refractivity contribution < 1.29 is 0 Å². The molecule has 0 amide bonds. The van der Waals surface area contributed by atoms with E-state index in [2.05, 4.69) is 25.8 Å². The molecule has 0 aliphatic rings. The first-order chi connectivity index (χ1) is 5.54. The van der Waals surface area contributed by atoms with Gasteiger partial charge in [0, 0.05) is 18.3 Å². The van der Waals surface area contributed by atoms with Crippen LogP contribution in [0.15, 0.2) is 16.1 Å². The third-order valence-electron chi connectivity index (χ3n) is 1.27. The molecule has 0 saturated heterocycles. The summed E-state index contributed by atoms with van der Waals surface area (Å²) in [6, 6.07) is 0. The maximum absolute atomic E-state index is 5.43. The third kappa shape index (κ3) is 33.9. The lowest BCUT2D eigenvalue weighted by Crippen LogP contribution is -1.77. The highest BCUT2D eigenvalue weighted by molar-refractivity contribution is 6.30. The SMILES string of the molecule is C.CCC(C)C.CN=C/C=C(\C)Cl. The monoisotopic (exact) mass is 205 g/mol. The Bertz CT molecular complexity index is 133. The van der Waals surface area contributed by atoms with Crippen LogP contribution in [0.4, 0.5) is 0 Å². The molecule has 0 saturated carbocycles. The van der Waals surface area contributed by atoms with Crippen molar-refractivity contribution in [3.8, 4) is 0 Å². The van der Waals surface area contributed by atoms with Crippen LogP contribution >= 0.6 is 11.6 Å². The lowest BCUT2D eigenvalue weighted by molar-refractivity contribution is 0.626. The first-order valence-electron chi connectivity index (χ1n) is 4.29. The second-order valence-corrected chi connectivity index (χ2v) is 3.56. The fraction of sp³-hybridized carbons (Fsp3) is 0.727. The van der Waals surface area contributed by atoms with Crippen LogP contribution in [-0.4, -0.2) is 13.3 Å². The summed E-state index contributed by atoms with van der Waals surface area (Å²) in [6.07, 6.45) is 4.70. The zero-order chi connectivity index (χ0) is 9.98. The van der Waals surface area contributed by atoms with Gasteiger partial charge in [-0.1, -0.05) is 46.2 Å². The smallest absolute Gasteiger partial charge is 0.0277 e. The maximum atomic E-state index is 5.43. The van der Waals surface area contributed by atoms with Gasteiger partial charge in [0.05, 0.1) is 0 Å². The number of aliphatic imine (C=N–C) groups is 1. The highest BCUT2D eigenvalue weighted by Crippen LogP contribution is 1.94. The summed E-state index contributed by atoms with van der Waals surface area (Å²) in [6.45, 7) is 8.45. The molecule has 80 valence electrons. The highest BCUT2D eigenvalue weighted by Gasteiger charge is 1.80. The molecule has 0 N–H and O–H groups in total. The van der Waals surface area contributed by atoms with E-state index in [4.69, 9.17) is 11.6 Å². The van der Waals surface area contributed by atoms with E-state index in [-0.39, 0.29) is 7.43 Å². The lowest BCUT2D eigenvalue weighted by atomic mass is 10.2. The number of hydrogen-bond acceptors (Lipinski definition) is 1. The van der Waals surface area contributed by atoms with Gasteiger partial charge in [0.2, 0.25) is 0 Å². The van der Waals surface area contributed by atoms with Crippen molar-refractivity contribution in [1.82, 2.24) is 0 Å². The predicted octanol–water partition coefficient (Wildman–Crippen LogP) is 4.52. The minimum Gasteiger partial charge on any atom is -0.296 e. The highest BCUT2D eigenvalue weighted by atomic mass is 35.5. The van der Waals surface area contributed by atoms with E-state index < -0.39 is 0 Å². The van der Waals surface area contributed by atoms with Crippen molar-refractivity contribution in [2.75, 3.05) is 7.05 Å². The average Bonchev–Trinajstić information content (AvgIpc) is 2.02. The van der Waals surface area contributed by atoms with Crippen molar-refractivity contribution in [2.45, 2.75) is 41.5 Å². The first-order valence-corrected chi connectivity index (χ1v) is 4.66. The van der Waals surface area contributed by atoms with E-state index in [1.807, 2.05) is 6.92 Å². The Morgan fingerprint density at radius 2 is 1.85 bits per heavy atom. The van der Waals surface area contributed by atoms with E-state index in [9.17, 15) is 0 Å². The normalized spacial score (nSPS) is 10.8. The quantitative estimate of drug-likeness (QED) is 0.588. The molecule has 0 rings (SSSR count). The Labute approximate surface area is 88.9 Å². The van der Waals surface area contributed by atoms with Gasteiger partial charge in [-0.05, 0) is 18.9 Å². The number of halogens is 1. The van der Waals surface area contributed by atoms with Crippen molar-refractivity contribution in [1.29, 1.82) is 0 Å². The molecule has 0 unspecified atom stereocenters. The first kappa shape index (κ1) is 18.5. The second-order valence-electron chi connectivity index (χ2n) is 2.96. The van der Waals surface area contributed by atoms with Gasteiger partial charge in [0.15, 0.2) is 0 Å². The van der Waals surface area contributed by atoms with Crippen LogP contribution in [0.5, 0.6) is 0 Å². The molecule has 13 heavy (non-hydrogen) atoms. The minimum absolute atomic E-state index is 0. The van der Waals surface area contributed by atoms with Crippen LogP contribution in [0, 0.1) is 5.92 Å². The van der Waals surface area contributed by atoms with E-state index in [1.165, 1.54) is 6.42 Å². The molecule has 0 radical (unpaired) electrons. The number of hydrogen-bond donors (Lipinski definition) is 0. The Morgan fingerprint density at radius 3 is 1.92 bits per heavy atom. The van der Waals surface area contributed by atoms with Gasteiger partial charge >= 0.3 is 0 Å². The van der Waals surface area contributed by atoms with Gasteiger partial charge < -0.3 is 0 Å². The molecule has 0 fully saturated rings. The summed E-state index contributed by atoms with van der Waals surface area (Å²) >= 11 is 5.43. The van der Waals surface area contributed by atoms with Gasteiger partial charge in [-0.25, -0.2) is 0 Å². The van der Waals surface area contributed by atoms with Crippen LogP contribution in [0.25, 0.3) is 0 Å². The molecule has 0 aromatic rings. The summed E-state index contributed by atoms with van der Waals surface area (Å²) in [5.41, 5.74) is 0. The topological polar surface area (TPSA) is 12.4 Å². The number of rotatable bonds is 2. The van der Waals surface area contributed by atoms with Gasteiger partial charge in [0.1, 0.15) is 0 Å². The Hall–Kier alpha value is -0.300. The molecule has 0 bridgehead atoms. The van der Waals surface area contributed by atoms with Crippen molar-refractivity contribution in [3.05, 3.63) is 11.1 Å². The van der Waals surface area contributed by atoms with Crippen molar-refractivity contribution in [2.24, 2.45) is 10.9 Å². The summed E-state index contributed by atoms with van der Waals surface area (Å²) in [5, 5.41) is 0.755. The minimum atomic E-state index is 0. The standard InChI is InChI=1S/C5H8ClN.C5H12.CH4/c1-5(6)3-4-7-2;1-4-5(2)3;/h3-4H,1-2H3;5H,4H2,1-3H3;1H4/b5-3+,7-4?;;. The summed E-state index contributed by atoms with van der Waals surface area (Å²) in [4.78, 5) is 3.69. The predicted molar refractivity (Wildman–Crippen MR) is 65.9 cm³/mol. The Kier molecular flexibility index (Phi) is 20.2. The Balaban J connectivity index is -0.000000150. The molecule has 1 nitrogen and oxygen atoms in total. The van der Waals surface area contributed by atoms with Gasteiger partial charge in [-0.2, -0.15) is 0 Å². The van der Waals surface area contributed by atoms with Crippen LogP contribution in [0.3, 0.4) is 0 Å². The fourth-order valence-electron chi connectivity index (χ4n) is 0.177. The molecule has 0 aliphatic heterocycles. The number of nitrogens with zero attached hydrogens (tertiary/aromatic N) is 1. The summed E-state index contributed by atoms with van der Waals surface area (Å²) < 4.78 is 0. The average molecular weight is 206 g/mol. The molecule has 0 aliphatic carbocycles. The summed E-state index contributed by atoms with van der Waals surface area (Å²) in [7, 11) is 1.70. The third-order valence-corrected chi connectivity index (χ3v) is 1.40. The zero-order valence-electron chi connectivity index (χ0n) is 8.76. The van der Waals surface area contributed by atoms with Crippen LogP contribution in [-0.2, 0) is 0 Å². The van der Waals surface area contributed by atoms with Gasteiger partial charge in [-0.15, -0.1) is 0 Å². The van der Waals surface area contributed by atoms with Crippen molar-refractivity contribution >= 4 is 17.8 Å². The molecule has 0 atom stereocenters. The Morgan fingerprint density at radius 1 is 1.46 bits per heavy atom. The van der Waals surface area contributed by atoms with E-state index in [0.717, 1.165) is 11.0 Å². The molecule has 2 heteroatoms. The zero-order valence-corrected chi connectivity index (χ0v) is 9.52. The second kappa shape index (κ2) is 14.2. The van der Waals surface area contributed by atoms with Gasteiger partial charge in [0.25, 0.3) is 0 Å². The maximum Gasteiger partial charge on any atom is 0.0277 e. The molecule has 0 heterocycles. The van der Waals surface area contributed by atoms with E-state index >= 15 is 0 Å². The lowest BCUT2D eigenvalue weighted by Gasteiger charge is -1.90. The van der Waals surface area contributed by atoms with Crippen molar-refractivity contribution in [3.63, 3.8) is 0 Å². The molecular weight excluding hydrogens is 182 g/mol. The molecule has 0 aromatic heterocycles. The number of allylic oxidation sites excluding steroid dienone is 2. The van der Waals surface area contributed by atoms with Crippen LogP contribution in [0.1, 0.15) is 41.5 Å². The molecule has 0 aromatic carbocycles. The van der Waals surface area contributed by atoms with Crippen LogP contribution in [0.2, 0.25) is 0 Å². The van der Waals surface area contributed by atoms with Gasteiger partial charge in [-0.3, -0.25) is 4.99 Å². The largest absolute Gasteiger partial charge is 0.296 e.